The lowest BCUT2D eigenvalue weighted by Crippen LogP contribution is -2.35. The van der Waals surface area contributed by atoms with E-state index in [0.717, 1.165) is 32.1 Å². The average Bonchev–Trinajstić information content (AvgIpc) is 3.25. The lowest BCUT2D eigenvalue weighted by atomic mass is 9.87. The number of carbonyl (C=O) groups excluding carboxylic acids is 2. The summed E-state index contributed by atoms with van der Waals surface area (Å²) in [5.41, 5.74) is 0. The fraction of sp³-hybridized carbons (Fsp3) is 0.722. The van der Waals surface area contributed by atoms with Gasteiger partial charge in [-0.3, -0.25) is 14.3 Å². The summed E-state index contributed by atoms with van der Waals surface area (Å²) in [5.74, 6) is 0.0961. The zero-order valence-electron chi connectivity index (χ0n) is 14.2. The van der Waals surface area contributed by atoms with Gasteiger partial charge < -0.3 is 10.1 Å². The van der Waals surface area contributed by atoms with Gasteiger partial charge in [0.05, 0.1) is 6.04 Å². The Morgan fingerprint density at radius 3 is 2.71 bits per heavy atom. The summed E-state index contributed by atoms with van der Waals surface area (Å²) in [5, 5.41) is 6.97. The van der Waals surface area contributed by atoms with Gasteiger partial charge in [-0.05, 0) is 44.1 Å². The molecule has 0 saturated heterocycles. The minimum Gasteiger partial charge on any atom is -0.459 e. The number of rotatable bonds is 6. The number of amides is 1. The van der Waals surface area contributed by atoms with E-state index in [0.29, 0.717) is 12.3 Å². The third-order valence-corrected chi connectivity index (χ3v) is 5.19. The van der Waals surface area contributed by atoms with Crippen LogP contribution in [0.25, 0.3) is 0 Å². The van der Waals surface area contributed by atoms with Gasteiger partial charge in [-0.15, -0.1) is 0 Å². The van der Waals surface area contributed by atoms with Crippen LogP contribution in [0.4, 0.5) is 0 Å². The van der Waals surface area contributed by atoms with Crippen molar-refractivity contribution in [3.63, 3.8) is 0 Å². The van der Waals surface area contributed by atoms with Crippen molar-refractivity contribution in [3.05, 3.63) is 18.5 Å². The van der Waals surface area contributed by atoms with E-state index in [1.807, 2.05) is 16.9 Å². The van der Waals surface area contributed by atoms with E-state index in [1.54, 1.807) is 6.20 Å². The fourth-order valence-corrected chi connectivity index (χ4v) is 3.93. The molecule has 1 aromatic heterocycles. The molecule has 0 unspecified atom stereocenters. The van der Waals surface area contributed by atoms with Crippen molar-refractivity contribution in [2.75, 3.05) is 6.54 Å². The molecule has 6 nitrogen and oxygen atoms in total. The number of ether oxygens (including phenoxy) is 1. The number of hydrogen-bond acceptors (Lipinski definition) is 4. The van der Waals surface area contributed by atoms with Crippen LogP contribution in [0.15, 0.2) is 18.5 Å². The van der Waals surface area contributed by atoms with Crippen LogP contribution in [-0.2, 0) is 14.3 Å². The third-order valence-electron chi connectivity index (χ3n) is 5.19. The number of nitrogens with zero attached hydrogens (tertiary/aromatic N) is 2. The third kappa shape index (κ3) is 4.58. The summed E-state index contributed by atoms with van der Waals surface area (Å²) < 4.78 is 7.44. The summed E-state index contributed by atoms with van der Waals surface area (Å²) in [7, 11) is 0. The van der Waals surface area contributed by atoms with Crippen LogP contribution in [0.3, 0.4) is 0 Å². The molecule has 1 heterocycles. The van der Waals surface area contributed by atoms with E-state index in [9.17, 15) is 9.59 Å². The van der Waals surface area contributed by atoms with Gasteiger partial charge in [-0.2, -0.15) is 5.10 Å². The second-order valence-corrected chi connectivity index (χ2v) is 7.00. The van der Waals surface area contributed by atoms with Gasteiger partial charge in [0.15, 0.2) is 0 Å². The van der Waals surface area contributed by atoms with Crippen LogP contribution < -0.4 is 5.32 Å². The zero-order valence-corrected chi connectivity index (χ0v) is 14.2. The topological polar surface area (TPSA) is 73.2 Å². The van der Waals surface area contributed by atoms with Crippen molar-refractivity contribution in [2.45, 2.75) is 69.9 Å². The molecular weight excluding hydrogens is 306 g/mol. The second kappa shape index (κ2) is 8.31. The Labute approximate surface area is 142 Å². The first-order chi connectivity index (χ1) is 11.7. The lowest BCUT2D eigenvalue weighted by molar-refractivity contribution is -0.150. The highest BCUT2D eigenvalue weighted by Gasteiger charge is 2.32. The first-order valence-electron chi connectivity index (χ1n) is 9.17. The van der Waals surface area contributed by atoms with Crippen molar-refractivity contribution in [1.29, 1.82) is 0 Å². The molecule has 2 fully saturated rings. The normalized spacial score (nSPS) is 24.7. The van der Waals surface area contributed by atoms with E-state index >= 15 is 0 Å². The van der Waals surface area contributed by atoms with Crippen LogP contribution in [0, 0.1) is 5.92 Å². The van der Waals surface area contributed by atoms with Crippen molar-refractivity contribution in [3.8, 4) is 0 Å². The van der Waals surface area contributed by atoms with E-state index in [-0.39, 0.29) is 30.6 Å². The predicted octanol–water partition coefficient (Wildman–Crippen LogP) is 2.61. The Bertz CT molecular complexity index is 538. The Morgan fingerprint density at radius 1 is 1.12 bits per heavy atom. The summed E-state index contributed by atoms with van der Waals surface area (Å²) >= 11 is 0. The Hall–Kier alpha value is -1.85. The molecule has 2 aliphatic carbocycles. The molecular formula is C18H27N3O3. The van der Waals surface area contributed by atoms with Crippen molar-refractivity contribution in [2.24, 2.45) is 5.92 Å². The second-order valence-electron chi connectivity index (χ2n) is 7.00. The maximum Gasteiger partial charge on any atom is 0.325 e. The van der Waals surface area contributed by atoms with Crippen LogP contribution in [0.5, 0.6) is 0 Å². The van der Waals surface area contributed by atoms with Crippen molar-refractivity contribution < 1.29 is 14.3 Å². The number of carbonyl (C=O) groups is 2. The van der Waals surface area contributed by atoms with Gasteiger partial charge in [-0.1, -0.05) is 19.3 Å². The predicted molar refractivity (Wildman–Crippen MR) is 89.2 cm³/mol. The van der Waals surface area contributed by atoms with E-state index in [1.165, 1.54) is 19.3 Å². The summed E-state index contributed by atoms with van der Waals surface area (Å²) in [6.45, 7) is -0.0338. The molecule has 3 rings (SSSR count). The monoisotopic (exact) mass is 333 g/mol. The molecule has 1 N–H and O–H groups in total. The number of hydrogen-bond donors (Lipinski definition) is 1. The summed E-state index contributed by atoms with van der Waals surface area (Å²) in [6, 6.07) is 1.99. The molecule has 2 saturated carbocycles. The van der Waals surface area contributed by atoms with E-state index < -0.39 is 0 Å². The fourth-order valence-electron chi connectivity index (χ4n) is 3.93. The first kappa shape index (κ1) is 17.0. The van der Waals surface area contributed by atoms with Gasteiger partial charge in [0, 0.05) is 18.8 Å². The maximum absolute atomic E-state index is 12.0. The Morgan fingerprint density at radius 2 is 1.96 bits per heavy atom. The molecule has 132 valence electrons. The van der Waals surface area contributed by atoms with Gasteiger partial charge >= 0.3 is 5.97 Å². The van der Waals surface area contributed by atoms with Gasteiger partial charge in [0.25, 0.3) is 0 Å². The first-order valence-corrected chi connectivity index (χ1v) is 9.17. The molecule has 0 aromatic carbocycles. The quantitative estimate of drug-likeness (QED) is 0.812. The lowest BCUT2D eigenvalue weighted by Gasteiger charge is -2.22. The van der Waals surface area contributed by atoms with Gasteiger partial charge in [0.2, 0.25) is 5.91 Å². The van der Waals surface area contributed by atoms with E-state index in [4.69, 9.17) is 4.74 Å². The average molecular weight is 333 g/mol. The highest BCUT2D eigenvalue weighted by molar-refractivity contribution is 5.82. The summed E-state index contributed by atoms with van der Waals surface area (Å²) in [6.07, 6.45) is 12.9. The largest absolute Gasteiger partial charge is 0.459 e. The van der Waals surface area contributed by atoms with Crippen LogP contribution >= 0.6 is 0 Å². The number of aromatic nitrogens is 2. The summed E-state index contributed by atoms with van der Waals surface area (Å²) in [4.78, 5) is 24.0. The molecule has 2 atom stereocenters. The molecule has 1 amide bonds. The van der Waals surface area contributed by atoms with Crippen LogP contribution in [-0.4, -0.2) is 34.3 Å². The molecule has 0 bridgehead atoms. The molecule has 1 aromatic rings. The molecule has 2 aliphatic rings. The van der Waals surface area contributed by atoms with Crippen molar-refractivity contribution in [1.82, 2.24) is 15.1 Å². The van der Waals surface area contributed by atoms with Crippen LogP contribution in [0.2, 0.25) is 0 Å². The molecule has 6 heteroatoms. The molecule has 24 heavy (non-hydrogen) atoms. The molecule has 0 radical (unpaired) electrons. The maximum atomic E-state index is 12.0. The Kier molecular flexibility index (Phi) is 5.88. The Balaban J connectivity index is 1.39. The smallest absolute Gasteiger partial charge is 0.325 e. The minimum absolute atomic E-state index is 0.0334. The highest BCUT2D eigenvalue weighted by atomic mass is 16.5. The SMILES string of the molecule is O=C(CC1CCCCC1)NCC(=O)O[C@@H]1CCC[C@H]1n1cccn1. The number of nitrogens with one attached hydrogen (secondary N) is 1. The zero-order chi connectivity index (χ0) is 16.8. The highest BCUT2D eigenvalue weighted by Crippen LogP contribution is 2.32. The van der Waals surface area contributed by atoms with Gasteiger partial charge in [-0.25, -0.2) is 0 Å². The molecule has 0 aliphatic heterocycles. The van der Waals surface area contributed by atoms with Crippen LogP contribution in [0.1, 0.15) is 63.8 Å². The number of esters is 1. The minimum atomic E-state index is -0.351. The van der Waals surface area contributed by atoms with Crippen molar-refractivity contribution >= 4 is 11.9 Å². The molecule has 0 spiro atoms. The van der Waals surface area contributed by atoms with Gasteiger partial charge in [0.1, 0.15) is 12.6 Å². The van der Waals surface area contributed by atoms with E-state index in [2.05, 4.69) is 10.4 Å². The standard InChI is InChI=1S/C18H27N3O3/c22-17(12-14-6-2-1-3-7-14)19-13-18(23)24-16-9-4-8-15(16)21-11-5-10-20-21/h5,10-11,14-16H,1-4,6-9,12-13H2,(H,19,22)/t15-,16-/m1/s1.